The van der Waals surface area contributed by atoms with Crippen LogP contribution in [0.1, 0.15) is 18.9 Å². The first-order valence-electron chi connectivity index (χ1n) is 5.48. The fourth-order valence-corrected chi connectivity index (χ4v) is 2.21. The van der Waals surface area contributed by atoms with Crippen molar-refractivity contribution in [2.24, 2.45) is 5.73 Å². The van der Waals surface area contributed by atoms with Crippen LogP contribution in [0.3, 0.4) is 0 Å². The summed E-state index contributed by atoms with van der Waals surface area (Å²) in [4.78, 5) is 1.87. The monoisotopic (exact) mass is 224 g/mol. The van der Waals surface area contributed by atoms with Crippen molar-refractivity contribution >= 4 is 5.69 Å². The molecule has 0 aromatic heterocycles. The van der Waals surface area contributed by atoms with Gasteiger partial charge in [0, 0.05) is 19.6 Å². The average molecular weight is 224 g/mol. The molecule has 3 nitrogen and oxygen atoms in total. The predicted octanol–water partition coefficient (Wildman–Crippen LogP) is 1.25. The lowest BCUT2D eigenvalue weighted by Gasteiger charge is -2.23. The molecule has 1 aromatic carbocycles. The molecule has 0 radical (unpaired) electrons. The number of anilines is 1. The Morgan fingerprint density at radius 2 is 2.31 bits per heavy atom. The van der Waals surface area contributed by atoms with Gasteiger partial charge in [0.05, 0.1) is 11.3 Å². The minimum atomic E-state index is -0.728. The van der Waals surface area contributed by atoms with Gasteiger partial charge in [-0.2, -0.15) is 0 Å². The second-order valence-corrected chi connectivity index (χ2v) is 4.62. The second-order valence-electron chi connectivity index (χ2n) is 4.62. The minimum absolute atomic E-state index is 0.263. The molecule has 16 heavy (non-hydrogen) atoms. The van der Waals surface area contributed by atoms with Gasteiger partial charge in [0.25, 0.3) is 0 Å². The maximum absolute atomic E-state index is 13.8. The summed E-state index contributed by atoms with van der Waals surface area (Å²) in [5.74, 6) is -0.263. The number of β-amino-alcohol motifs (C(OH)–C–C–N with tert-alkyl or cyclic N) is 1. The number of aliphatic hydroxyl groups is 1. The SMILES string of the molecule is CC1(O)CCN(c2c(F)cccc2CN)C1. The second kappa shape index (κ2) is 4.03. The van der Waals surface area contributed by atoms with E-state index in [1.54, 1.807) is 13.0 Å². The quantitative estimate of drug-likeness (QED) is 0.794. The molecule has 1 aromatic rings. The van der Waals surface area contributed by atoms with E-state index >= 15 is 0 Å². The number of benzene rings is 1. The van der Waals surface area contributed by atoms with E-state index < -0.39 is 5.60 Å². The van der Waals surface area contributed by atoms with Crippen LogP contribution in [0.15, 0.2) is 18.2 Å². The van der Waals surface area contributed by atoms with E-state index in [0.29, 0.717) is 31.7 Å². The third-order valence-corrected chi connectivity index (χ3v) is 3.06. The summed E-state index contributed by atoms with van der Waals surface area (Å²) in [7, 11) is 0. The van der Waals surface area contributed by atoms with Crippen molar-refractivity contribution in [3.05, 3.63) is 29.6 Å². The van der Waals surface area contributed by atoms with Crippen LogP contribution in [-0.4, -0.2) is 23.8 Å². The first-order valence-corrected chi connectivity index (χ1v) is 5.48. The highest BCUT2D eigenvalue weighted by atomic mass is 19.1. The number of nitrogens with zero attached hydrogens (tertiary/aromatic N) is 1. The molecule has 1 heterocycles. The van der Waals surface area contributed by atoms with Crippen molar-refractivity contribution in [2.75, 3.05) is 18.0 Å². The van der Waals surface area contributed by atoms with Crippen LogP contribution in [0.25, 0.3) is 0 Å². The molecule has 2 rings (SSSR count). The molecule has 1 fully saturated rings. The summed E-state index contributed by atoms with van der Waals surface area (Å²) in [5.41, 5.74) is 6.20. The van der Waals surface area contributed by atoms with Gasteiger partial charge in [-0.15, -0.1) is 0 Å². The normalized spacial score (nSPS) is 25.1. The van der Waals surface area contributed by atoms with E-state index in [4.69, 9.17) is 5.73 Å². The van der Waals surface area contributed by atoms with E-state index in [1.165, 1.54) is 6.07 Å². The Kier molecular flexibility index (Phi) is 2.86. The third-order valence-electron chi connectivity index (χ3n) is 3.06. The van der Waals surface area contributed by atoms with Gasteiger partial charge in [0.1, 0.15) is 5.82 Å². The summed E-state index contributed by atoms with van der Waals surface area (Å²) >= 11 is 0. The fourth-order valence-electron chi connectivity index (χ4n) is 2.21. The minimum Gasteiger partial charge on any atom is -0.388 e. The molecule has 0 bridgehead atoms. The van der Waals surface area contributed by atoms with Gasteiger partial charge < -0.3 is 15.7 Å². The van der Waals surface area contributed by atoms with Crippen LogP contribution in [-0.2, 0) is 6.54 Å². The number of halogens is 1. The summed E-state index contributed by atoms with van der Waals surface area (Å²) in [5, 5.41) is 9.89. The molecule has 88 valence electrons. The highest BCUT2D eigenvalue weighted by Crippen LogP contribution is 2.31. The van der Waals surface area contributed by atoms with Gasteiger partial charge in [0.2, 0.25) is 0 Å². The number of hydrogen-bond donors (Lipinski definition) is 2. The van der Waals surface area contributed by atoms with E-state index in [-0.39, 0.29) is 5.82 Å². The standard InChI is InChI=1S/C12H17FN2O/c1-12(16)5-6-15(8-12)11-9(7-14)3-2-4-10(11)13/h2-4,16H,5-8,14H2,1H3. The van der Waals surface area contributed by atoms with Crippen molar-refractivity contribution in [2.45, 2.75) is 25.5 Å². The summed E-state index contributed by atoms with van der Waals surface area (Å²) < 4.78 is 13.8. The largest absolute Gasteiger partial charge is 0.388 e. The van der Waals surface area contributed by atoms with Gasteiger partial charge in [0.15, 0.2) is 0 Å². The highest BCUT2D eigenvalue weighted by Gasteiger charge is 2.33. The molecule has 1 aliphatic rings. The number of nitrogens with two attached hydrogens (primary N) is 1. The molecular formula is C12H17FN2O. The van der Waals surface area contributed by atoms with Crippen LogP contribution < -0.4 is 10.6 Å². The molecule has 0 saturated carbocycles. The Labute approximate surface area is 94.7 Å². The van der Waals surface area contributed by atoms with Crippen molar-refractivity contribution in [3.63, 3.8) is 0 Å². The van der Waals surface area contributed by atoms with E-state index in [0.717, 1.165) is 5.56 Å². The molecule has 1 saturated heterocycles. The van der Waals surface area contributed by atoms with Crippen LogP contribution in [0.2, 0.25) is 0 Å². The molecule has 1 unspecified atom stereocenters. The zero-order valence-electron chi connectivity index (χ0n) is 9.41. The molecule has 0 aliphatic carbocycles. The number of para-hydroxylation sites is 1. The number of rotatable bonds is 2. The lowest BCUT2D eigenvalue weighted by atomic mass is 10.1. The first-order chi connectivity index (χ1) is 7.53. The summed E-state index contributed by atoms with van der Waals surface area (Å²) in [6.45, 7) is 3.21. The van der Waals surface area contributed by atoms with Gasteiger partial charge in [-0.3, -0.25) is 0 Å². The molecule has 1 atom stereocenters. The molecule has 0 amide bonds. The Hall–Kier alpha value is -1.13. The molecule has 1 aliphatic heterocycles. The zero-order chi connectivity index (χ0) is 11.8. The van der Waals surface area contributed by atoms with Gasteiger partial charge in [-0.1, -0.05) is 12.1 Å². The first kappa shape index (κ1) is 11.4. The lowest BCUT2D eigenvalue weighted by Crippen LogP contribution is -2.30. The highest BCUT2D eigenvalue weighted by molar-refractivity contribution is 5.56. The van der Waals surface area contributed by atoms with E-state index in [1.807, 2.05) is 11.0 Å². The zero-order valence-corrected chi connectivity index (χ0v) is 9.41. The molecule has 0 spiro atoms. The maximum atomic E-state index is 13.8. The topological polar surface area (TPSA) is 49.5 Å². The summed E-state index contributed by atoms with van der Waals surface area (Å²) in [6, 6.07) is 4.92. The molecule has 3 N–H and O–H groups in total. The van der Waals surface area contributed by atoms with Crippen molar-refractivity contribution < 1.29 is 9.50 Å². The van der Waals surface area contributed by atoms with Gasteiger partial charge in [-0.05, 0) is 25.0 Å². The van der Waals surface area contributed by atoms with Crippen molar-refractivity contribution in [1.82, 2.24) is 0 Å². The fraction of sp³-hybridized carbons (Fsp3) is 0.500. The van der Waals surface area contributed by atoms with Gasteiger partial charge >= 0.3 is 0 Å². The van der Waals surface area contributed by atoms with E-state index in [9.17, 15) is 9.50 Å². The Morgan fingerprint density at radius 3 is 2.88 bits per heavy atom. The van der Waals surface area contributed by atoms with E-state index in [2.05, 4.69) is 0 Å². The predicted molar refractivity (Wildman–Crippen MR) is 61.7 cm³/mol. The maximum Gasteiger partial charge on any atom is 0.146 e. The lowest BCUT2D eigenvalue weighted by molar-refractivity contribution is 0.0839. The van der Waals surface area contributed by atoms with Crippen LogP contribution >= 0.6 is 0 Å². The number of hydrogen-bond acceptors (Lipinski definition) is 3. The Morgan fingerprint density at radius 1 is 1.56 bits per heavy atom. The van der Waals surface area contributed by atoms with Crippen LogP contribution in [0.4, 0.5) is 10.1 Å². The van der Waals surface area contributed by atoms with Crippen LogP contribution in [0, 0.1) is 5.82 Å². The summed E-state index contributed by atoms with van der Waals surface area (Å²) in [6.07, 6.45) is 0.658. The average Bonchev–Trinajstić information content (AvgIpc) is 2.58. The Balaban J connectivity index is 2.34. The van der Waals surface area contributed by atoms with Crippen LogP contribution in [0.5, 0.6) is 0 Å². The van der Waals surface area contributed by atoms with Crippen molar-refractivity contribution in [1.29, 1.82) is 0 Å². The third kappa shape index (κ3) is 2.03. The van der Waals surface area contributed by atoms with Gasteiger partial charge in [-0.25, -0.2) is 4.39 Å². The Bertz CT molecular complexity index is 393. The van der Waals surface area contributed by atoms with Crippen molar-refractivity contribution in [3.8, 4) is 0 Å². The molecule has 4 heteroatoms. The molecular weight excluding hydrogens is 207 g/mol. The smallest absolute Gasteiger partial charge is 0.146 e.